The molecule has 0 bridgehead atoms. The lowest BCUT2D eigenvalue weighted by molar-refractivity contribution is -0.128. The van der Waals surface area contributed by atoms with Crippen LogP contribution in [0, 0.1) is 0 Å². The molecule has 0 spiro atoms. The van der Waals surface area contributed by atoms with Crippen LogP contribution >= 0.6 is 34.5 Å². The van der Waals surface area contributed by atoms with Crippen molar-refractivity contribution in [1.29, 1.82) is 0 Å². The lowest BCUT2D eigenvalue weighted by atomic mass is 10.1. The Labute approximate surface area is 184 Å². The van der Waals surface area contributed by atoms with Crippen molar-refractivity contribution < 1.29 is 19.1 Å². The van der Waals surface area contributed by atoms with Crippen molar-refractivity contribution >= 4 is 62.7 Å². The zero-order valence-corrected chi connectivity index (χ0v) is 17.7. The Morgan fingerprint density at radius 1 is 1.23 bits per heavy atom. The van der Waals surface area contributed by atoms with Crippen LogP contribution in [-0.2, 0) is 16.0 Å². The number of aromatic amines is 1. The molecule has 2 heterocycles. The summed E-state index contributed by atoms with van der Waals surface area (Å²) in [7, 11) is 0. The summed E-state index contributed by atoms with van der Waals surface area (Å²) in [5.74, 6) is -1.02. The third-order valence-electron chi connectivity index (χ3n) is 4.74. The Balaban J connectivity index is 1.47. The van der Waals surface area contributed by atoms with E-state index >= 15 is 0 Å². The number of primary amides is 1. The van der Waals surface area contributed by atoms with Crippen LogP contribution in [0.2, 0.25) is 9.36 Å². The van der Waals surface area contributed by atoms with Crippen LogP contribution in [0.25, 0.3) is 10.2 Å². The second-order valence-electron chi connectivity index (χ2n) is 6.79. The highest BCUT2D eigenvalue weighted by atomic mass is 35.5. The molecule has 4 rings (SSSR count). The number of H-pyrrole nitrogens is 1. The molecule has 1 aromatic carbocycles. The Bertz CT molecular complexity index is 1160. The van der Waals surface area contributed by atoms with E-state index in [4.69, 9.17) is 33.7 Å². The van der Waals surface area contributed by atoms with Gasteiger partial charge in [0.05, 0.1) is 27.3 Å². The van der Waals surface area contributed by atoms with Gasteiger partial charge in [0.15, 0.2) is 0 Å². The maximum Gasteiger partial charge on any atom is 0.414 e. The number of hydrogen-bond donors (Lipinski definition) is 4. The predicted octanol–water partition coefficient (Wildman–Crippen LogP) is 3.28. The molecule has 0 saturated heterocycles. The number of amides is 3. The number of fused-ring (bicyclic) bond motifs is 2. The van der Waals surface area contributed by atoms with Crippen LogP contribution < -0.4 is 21.1 Å². The summed E-state index contributed by atoms with van der Waals surface area (Å²) in [6.07, 6.45) is -0.634. The quantitative estimate of drug-likeness (QED) is 0.430. The fourth-order valence-electron chi connectivity index (χ4n) is 3.52. The van der Waals surface area contributed by atoms with Crippen LogP contribution in [0.1, 0.15) is 23.6 Å². The highest BCUT2D eigenvalue weighted by molar-refractivity contribution is 7.23. The van der Waals surface area contributed by atoms with Crippen molar-refractivity contribution in [2.24, 2.45) is 5.73 Å². The second-order valence-corrected chi connectivity index (χ2v) is 8.83. The number of ether oxygens (including phenoxy) is 1. The van der Waals surface area contributed by atoms with E-state index in [1.807, 2.05) is 24.3 Å². The molecule has 11 heteroatoms. The van der Waals surface area contributed by atoms with E-state index < -0.39 is 36.4 Å². The Morgan fingerprint density at radius 3 is 2.73 bits per heavy atom. The monoisotopic (exact) mass is 466 g/mol. The standard InChI is InChI=1S/C19H16Cl2N4O4S/c20-15-17-11(30-18(15)21)6-14(25-17)29-19(28)23-10-5-8-3-1-2-4-9(8)16(10)24-13(27)7-12(22)26/h1-4,6,10,16,25H,5,7H2,(H2,22,26)(H,23,28)(H,24,27)/t10-,16-/m1/s1. The van der Waals surface area contributed by atoms with Gasteiger partial charge in [-0.3, -0.25) is 9.59 Å². The number of thiophene rings is 1. The lowest BCUT2D eigenvalue weighted by Crippen LogP contribution is -2.45. The molecule has 5 N–H and O–H groups in total. The molecular formula is C19H16Cl2N4O4S. The molecule has 3 amide bonds. The molecule has 1 aliphatic carbocycles. The minimum atomic E-state index is -0.729. The first-order valence-corrected chi connectivity index (χ1v) is 10.5. The molecule has 0 fully saturated rings. The van der Waals surface area contributed by atoms with Gasteiger partial charge in [0.2, 0.25) is 17.7 Å². The van der Waals surface area contributed by atoms with Crippen LogP contribution in [0.4, 0.5) is 4.79 Å². The summed E-state index contributed by atoms with van der Waals surface area (Å²) in [6, 6.07) is 8.16. The number of nitrogens with two attached hydrogens (primary N) is 1. The minimum Gasteiger partial charge on any atom is -0.393 e. The van der Waals surface area contributed by atoms with E-state index in [1.165, 1.54) is 11.3 Å². The van der Waals surface area contributed by atoms with E-state index in [1.54, 1.807) is 6.07 Å². The molecule has 2 aromatic heterocycles. The van der Waals surface area contributed by atoms with Gasteiger partial charge in [-0.15, -0.1) is 11.3 Å². The molecule has 156 valence electrons. The summed E-state index contributed by atoms with van der Waals surface area (Å²) in [5, 5.41) is 5.92. The molecular weight excluding hydrogens is 451 g/mol. The van der Waals surface area contributed by atoms with Crippen LogP contribution in [0.15, 0.2) is 30.3 Å². The first-order chi connectivity index (χ1) is 14.3. The summed E-state index contributed by atoms with van der Waals surface area (Å²) >= 11 is 13.4. The fourth-order valence-corrected chi connectivity index (χ4v) is 4.99. The minimum absolute atomic E-state index is 0.220. The second kappa shape index (κ2) is 8.17. The van der Waals surface area contributed by atoms with Gasteiger partial charge in [-0.05, 0) is 17.5 Å². The first kappa shape index (κ1) is 20.5. The van der Waals surface area contributed by atoms with E-state index in [9.17, 15) is 14.4 Å². The number of hydrogen-bond acceptors (Lipinski definition) is 5. The molecule has 0 aliphatic heterocycles. The zero-order chi connectivity index (χ0) is 21.4. The number of carbonyl (C=O) groups excluding carboxylic acids is 3. The van der Waals surface area contributed by atoms with Crippen molar-refractivity contribution in [2.45, 2.75) is 24.9 Å². The molecule has 0 saturated carbocycles. The maximum absolute atomic E-state index is 12.5. The number of carbonyl (C=O) groups is 3. The Hall–Kier alpha value is -2.75. The van der Waals surface area contributed by atoms with Crippen LogP contribution in [0.3, 0.4) is 0 Å². The van der Waals surface area contributed by atoms with Gasteiger partial charge in [0.1, 0.15) is 10.8 Å². The fraction of sp³-hybridized carbons (Fsp3) is 0.211. The predicted molar refractivity (Wildman–Crippen MR) is 114 cm³/mol. The summed E-state index contributed by atoms with van der Waals surface area (Å²) in [6.45, 7) is 0. The molecule has 0 radical (unpaired) electrons. The molecule has 0 unspecified atom stereocenters. The van der Waals surface area contributed by atoms with Gasteiger partial charge >= 0.3 is 6.09 Å². The third kappa shape index (κ3) is 4.09. The Kier molecular flexibility index (Phi) is 5.59. The van der Waals surface area contributed by atoms with Crippen molar-refractivity contribution in [3.8, 4) is 5.88 Å². The average molecular weight is 467 g/mol. The number of aromatic nitrogens is 1. The smallest absolute Gasteiger partial charge is 0.393 e. The molecule has 30 heavy (non-hydrogen) atoms. The largest absolute Gasteiger partial charge is 0.414 e. The van der Waals surface area contributed by atoms with E-state index in [2.05, 4.69) is 15.6 Å². The lowest BCUT2D eigenvalue weighted by Gasteiger charge is -2.22. The summed E-state index contributed by atoms with van der Waals surface area (Å²) in [4.78, 5) is 38.5. The number of halogens is 2. The first-order valence-electron chi connectivity index (χ1n) is 8.92. The molecule has 1 aliphatic rings. The molecule has 8 nitrogen and oxygen atoms in total. The van der Waals surface area contributed by atoms with E-state index in [-0.39, 0.29) is 5.88 Å². The number of benzene rings is 1. The van der Waals surface area contributed by atoms with Crippen molar-refractivity contribution in [1.82, 2.24) is 15.6 Å². The van der Waals surface area contributed by atoms with Gasteiger partial charge in [0, 0.05) is 6.07 Å². The van der Waals surface area contributed by atoms with Gasteiger partial charge in [-0.2, -0.15) is 0 Å². The Morgan fingerprint density at radius 2 is 2.00 bits per heavy atom. The third-order valence-corrected chi connectivity index (χ3v) is 6.67. The van der Waals surface area contributed by atoms with Crippen LogP contribution in [-0.4, -0.2) is 28.9 Å². The number of nitrogens with one attached hydrogen (secondary N) is 3. The van der Waals surface area contributed by atoms with E-state index in [0.29, 0.717) is 21.3 Å². The van der Waals surface area contributed by atoms with Crippen molar-refractivity contribution in [2.75, 3.05) is 0 Å². The number of rotatable bonds is 5. The topological polar surface area (TPSA) is 126 Å². The summed E-state index contributed by atoms with van der Waals surface area (Å²) < 4.78 is 6.56. The SMILES string of the molecule is NC(=O)CC(=O)N[C@@H]1c2ccccc2C[C@H]1NC(=O)Oc1cc2sc(Cl)c(Cl)c2[nH]1. The van der Waals surface area contributed by atoms with Gasteiger partial charge in [-0.1, -0.05) is 47.5 Å². The zero-order valence-electron chi connectivity index (χ0n) is 15.3. The highest BCUT2D eigenvalue weighted by Crippen LogP contribution is 2.40. The van der Waals surface area contributed by atoms with Crippen LogP contribution in [0.5, 0.6) is 5.88 Å². The van der Waals surface area contributed by atoms with Crippen molar-refractivity contribution in [3.05, 3.63) is 50.8 Å². The molecule has 2 atom stereocenters. The van der Waals surface area contributed by atoms with E-state index in [0.717, 1.165) is 15.8 Å². The van der Waals surface area contributed by atoms with Gasteiger partial charge in [-0.25, -0.2) is 4.79 Å². The van der Waals surface area contributed by atoms with Crippen molar-refractivity contribution in [3.63, 3.8) is 0 Å². The molecule has 3 aromatic rings. The average Bonchev–Trinajstić information content (AvgIpc) is 3.29. The maximum atomic E-state index is 12.5. The highest BCUT2D eigenvalue weighted by Gasteiger charge is 2.35. The normalized spacial score (nSPS) is 17.5. The van der Waals surface area contributed by atoms with Gasteiger partial charge < -0.3 is 26.1 Å². The summed E-state index contributed by atoms with van der Waals surface area (Å²) in [5.41, 5.74) is 7.54. The van der Waals surface area contributed by atoms with Gasteiger partial charge in [0.25, 0.3) is 0 Å².